The van der Waals surface area contributed by atoms with Crippen molar-refractivity contribution in [1.82, 2.24) is 4.31 Å². The summed E-state index contributed by atoms with van der Waals surface area (Å²) in [7, 11) is 0. The molecule has 4 rings (SSSR count). The molecule has 8 nitrogen and oxygen atoms in total. The molecule has 0 saturated heterocycles. The number of benzene rings is 3. The number of nitrogen functional groups attached to an aromatic ring is 1. The first kappa shape index (κ1) is 30.7. The molecule has 1 aliphatic rings. The number of hydrazine groups is 1. The van der Waals surface area contributed by atoms with Crippen molar-refractivity contribution in [3.63, 3.8) is 0 Å². The third-order valence-corrected chi connectivity index (χ3v) is 9.79. The van der Waals surface area contributed by atoms with Crippen molar-refractivity contribution in [3.8, 4) is 5.75 Å². The first-order valence-electron chi connectivity index (χ1n) is 14.1. The quantitative estimate of drug-likeness (QED) is 0.142. The number of fused-ring (bicyclic) bond motifs is 1. The van der Waals surface area contributed by atoms with Crippen LogP contribution in [-0.4, -0.2) is 34.0 Å². The monoisotopic (exact) mass is 577 g/mol. The van der Waals surface area contributed by atoms with E-state index in [1.165, 1.54) is 0 Å². The fourth-order valence-electron chi connectivity index (χ4n) is 5.50. The van der Waals surface area contributed by atoms with Gasteiger partial charge in [0.15, 0.2) is 5.75 Å². The number of ether oxygens (including phenoxy) is 1. The average Bonchev–Trinajstić information content (AvgIpc) is 3.08. The second-order valence-electron chi connectivity index (χ2n) is 11.4. The second-order valence-corrected chi connectivity index (χ2v) is 12.8. The van der Waals surface area contributed by atoms with Crippen LogP contribution in [0, 0.1) is 19.3 Å². The predicted octanol–water partition coefficient (Wildman–Crippen LogP) is 4.92. The van der Waals surface area contributed by atoms with E-state index in [1.54, 1.807) is 5.01 Å². The lowest BCUT2D eigenvalue weighted by molar-refractivity contribution is -0.126. The lowest BCUT2D eigenvalue weighted by Crippen LogP contribution is -2.38. The van der Waals surface area contributed by atoms with E-state index >= 15 is 0 Å². The van der Waals surface area contributed by atoms with Crippen LogP contribution in [0.1, 0.15) is 67.9 Å². The van der Waals surface area contributed by atoms with E-state index in [2.05, 4.69) is 26.0 Å². The number of hydrogen-bond donors (Lipinski definition) is 3. The number of carbonyl (C=O) groups is 1. The Morgan fingerprint density at radius 1 is 1.17 bits per heavy atom. The Hall–Kier alpha value is -3.24. The highest BCUT2D eigenvalue weighted by atomic mass is 32.2. The van der Waals surface area contributed by atoms with Gasteiger partial charge in [0, 0.05) is 12.5 Å². The molecule has 0 saturated carbocycles. The van der Waals surface area contributed by atoms with Crippen LogP contribution >= 0.6 is 0 Å². The molecular weight excluding hydrogens is 534 g/mol. The SMILES string of the molecule is CC[C@@H]1CN(Cc2cc(C(c3ccc(N(N)CC)c(N)c3C)C(C)(C)C(N)=O)ccc2C)[S+]([O-])c2ccccc2O1. The van der Waals surface area contributed by atoms with Crippen molar-refractivity contribution < 1.29 is 14.1 Å². The Morgan fingerprint density at radius 3 is 2.54 bits per heavy atom. The first-order chi connectivity index (χ1) is 19.4. The number of para-hydroxylation sites is 1. The molecule has 6 N–H and O–H groups in total. The molecule has 9 heteroatoms. The summed E-state index contributed by atoms with van der Waals surface area (Å²) in [4.78, 5) is 13.5. The zero-order valence-corrected chi connectivity index (χ0v) is 25.8. The predicted molar refractivity (Wildman–Crippen MR) is 167 cm³/mol. The van der Waals surface area contributed by atoms with E-state index in [0.29, 0.717) is 36.0 Å². The van der Waals surface area contributed by atoms with E-state index in [-0.39, 0.29) is 12.0 Å². The molecule has 1 heterocycles. The van der Waals surface area contributed by atoms with E-state index in [0.717, 1.165) is 39.9 Å². The Kier molecular flexibility index (Phi) is 9.23. The van der Waals surface area contributed by atoms with Gasteiger partial charge in [-0.15, -0.1) is 4.31 Å². The molecule has 3 aromatic carbocycles. The van der Waals surface area contributed by atoms with Crippen LogP contribution in [0.5, 0.6) is 5.75 Å². The van der Waals surface area contributed by atoms with Crippen LogP contribution in [-0.2, 0) is 22.7 Å². The molecule has 41 heavy (non-hydrogen) atoms. The van der Waals surface area contributed by atoms with Crippen LogP contribution in [0.2, 0.25) is 0 Å². The maximum Gasteiger partial charge on any atom is 0.224 e. The van der Waals surface area contributed by atoms with E-state index in [1.807, 2.05) is 74.5 Å². The van der Waals surface area contributed by atoms with Gasteiger partial charge in [0.1, 0.15) is 6.10 Å². The molecule has 0 aromatic heterocycles. The Morgan fingerprint density at radius 2 is 1.88 bits per heavy atom. The minimum Gasteiger partial charge on any atom is -0.593 e. The van der Waals surface area contributed by atoms with Crippen LogP contribution < -0.4 is 27.1 Å². The van der Waals surface area contributed by atoms with Crippen molar-refractivity contribution in [2.24, 2.45) is 17.0 Å². The number of aryl methyl sites for hydroxylation is 1. The maximum atomic E-state index is 13.8. The first-order valence-corrected chi connectivity index (χ1v) is 15.2. The highest BCUT2D eigenvalue weighted by Crippen LogP contribution is 2.45. The number of nitrogens with two attached hydrogens (primary N) is 3. The fraction of sp³-hybridized carbons (Fsp3) is 0.406. The van der Waals surface area contributed by atoms with Gasteiger partial charge < -0.3 is 25.8 Å². The normalized spacial score (nSPS) is 18.2. The largest absolute Gasteiger partial charge is 0.593 e. The third kappa shape index (κ3) is 6.04. The van der Waals surface area contributed by atoms with Crippen LogP contribution in [0.25, 0.3) is 0 Å². The molecule has 220 valence electrons. The molecule has 0 radical (unpaired) electrons. The average molecular weight is 578 g/mol. The van der Waals surface area contributed by atoms with Crippen LogP contribution in [0.15, 0.2) is 59.5 Å². The van der Waals surface area contributed by atoms with Crippen molar-refractivity contribution in [1.29, 1.82) is 0 Å². The molecule has 0 spiro atoms. The van der Waals surface area contributed by atoms with Crippen molar-refractivity contribution in [3.05, 3.63) is 82.4 Å². The number of anilines is 2. The summed E-state index contributed by atoms with van der Waals surface area (Å²) in [5, 5.41) is 1.61. The third-order valence-electron chi connectivity index (χ3n) is 8.33. The lowest BCUT2D eigenvalue weighted by Gasteiger charge is -2.35. The zero-order valence-electron chi connectivity index (χ0n) is 24.9. The molecule has 0 fully saturated rings. The minimum absolute atomic E-state index is 0.0815. The summed E-state index contributed by atoms with van der Waals surface area (Å²) in [6, 6.07) is 17.7. The summed E-state index contributed by atoms with van der Waals surface area (Å²) in [5.74, 6) is 6.07. The Balaban J connectivity index is 1.79. The van der Waals surface area contributed by atoms with Gasteiger partial charge >= 0.3 is 0 Å². The summed E-state index contributed by atoms with van der Waals surface area (Å²) in [5.41, 5.74) is 17.8. The molecule has 1 amide bonds. The van der Waals surface area contributed by atoms with Gasteiger partial charge in [-0.3, -0.25) is 4.79 Å². The van der Waals surface area contributed by atoms with Crippen molar-refractivity contribution in [2.45, 2.75) is 71.4 Å². The number of rotatable bonds is 9. The second kappa shape index (κ2) is 12.3. The van der Waals surface area contributed by atoms with Crippen LogP contribution in [0.3, 0.4) is 0 Å². The zero-order chi connectivity index (χ0) is 30.1. The fourth-order valence-corrected chi connectivity index (χ4v) is 6.82. The van der Waals surface area contributed by atoms with Gasteiger partial charge in [-0.2, -0.15) is 0 Å². The molecule has 1 aliphatic heterocycles. The van der Waals surface area contributed by atoms with Gasteiger partial charge in [0.05, 0.1) is 41.2 Å². The number of carbonyl (C=O) groups excluding carboxylic acids is 1. The molecule has 3 atom stereocenters. The number of hydrogen-bond acceptors (Lipinski definition) is 7. The molecule has 3 aromatic rings. The Labute approximate surface area is 247 Å². The maximum absolute atomic E-state index is 13.8. The van der Waals surface area contributed by atoms with Gasteiger partial charge in [0.25, 0.3) is 0 Å². The van der Waals surface area contributed by atoms with E-state index in [4.69, 9.17) is 22.0 Å². The molecule has 0 bridgehead atoms. The number of primary amides is 1. The minimum atomic E-state index is -1.39. The standard InChI is InChI=1S/C32H43N5O3S/c1-7-24-19-36(41(39)28-12-10-9-11-27(28)40-24)18-23-17-22(14-13-20(23)3)29(32(5,6)31(34)38)25-15-16-26(37(35)8-2)30(33)21(25)4/h9-17,24,29H,7-8,18-19,33,35H2,1-6H3,(H2,34,38)/t24-,29?,41?/m1/s1. The van der Waals surface area contributed by atoms with Gasteiger partial charge in [-0.25, -0.2) is 5.84 Å². The summed E-state index contributed by atoms with van der Waals surface area (Å²) >= 11 is -1.39. The van der Waals surface area contributed by atoms with E-state index in [9.17, 15) is 9.35 Å². The van der Waals surface area contributed by atoms with Crippen molar-refractivity contribution in [2.75, 3.05) is 23.8 Å². The van der Waals surface area contributed by atoms with Gasteiger partial charge in [0.2, 0.25) is 10.8 Å². The molecule has 0 aliphatic carbocycles. The summed E-state index contributed by atoms with van der Waals surface area (Å²) in [6.07, 6.45) is 0.715. The molecule has 2 unspecified atom stereocenters. The van der Waals surface area contributed by atoms with Crippen molar-refractivity contribution >= 4 is 28.6 Å². The smallest absolute Gasteiger partial charge is 0.224 e. The highest BCUT2D eigenvalue weighted by molar-refractivity contribution is 7.89. The Bertz CT molecular complexity index is 1410. The number of amides is 1. The number of nitrogens with zero attached hydrogens (tertiary/aromatic N) is 2. The highest BCUT2D eigenvalue weighted by Gasteiger charge is 2.39. The van der Waals surface area contributed by atoms with Crippen LogP contribution in [0.4, 0.5) is 11.4 Å². The summed E-state index contributed by atoms with van der Waals surface area (Å²) < 4.78 is 21.9. The summed E-state index contributed by atoms with van der Waals surface area (Å²) in [6.45, 7) is 13.4. The topological polar surface area (TPSA) is 134 Å². The lowest BCUT2D eigenvalue weighted by atomic mass is 9.69. The van der Waals surface area contributed by atoms with E-state index < -0.39 is 22.7 Å². The van der Waals surface area contributed by atoms with Gasteiger partial charge in [-0.1, -0.05) is 57.2 Å². The molecular formula is C32H43N5O3S. The van der Waals surface area contributed by atoms with Gasteiger partial charge in [-0.05, 0) is 73.2 Å².